The van der Waals surface area contributed by atoms with Crippen molar-refractivity contribution in [1.29, 1.82) is 0 Å². The van der Waals surface area contributed by atoms with E-state index in [1.807, 2.05) is 30.3 Å². The third-order valence-electron chi connectivity index (χ3n) is 1.95. The lowest BCUT2D eigenvalue weighted by Gasteiger charge is -1.93. The molecule has 1 aromatic heterocycles. The number of rotatable bonds is 5. The Bertz CT molecular complexity index is 431. The number of thioether (sulfide) groups is 1. The molecule has 1 heterocycles. The van der Waals surface area contributed by atoms with Crippen LogP contribution < -0.4 is 0 Å². The number of aliphatic hydroxyl groups is 1. The fourth-order valence-corrected chi connectivity index (χ4v) is 1.80. The number of nitrogens with zero attached hydrogens (tertiary/aromatic N) is 2. The predicted octanol–water partition coefficient (Wildman–Crippen LogP) is 1.96. The smallest absolute Gasteiger partial charge is 0.247 e. The molecule has 5 heteroatoms. The summed E-state index contributed by atoms with van der Waals surface area (Å²) in [7, 11) is 0. The molecule has 1 N–H and O–H groups in total. The third-order valence-corrected chi connectivity index (χ3v) is 2.87. The Balaban J connectivity index is 2.02. The van der Waals surface area contributed by atoms with Crippen molar-refractivity contribution in [2.45, 2.75) is 5.75 Å². The van der Waals surface area contributed by atoms with Crippen LogP contribution in [0.25, 0.3) is 11.5 Å². The molecule has 0 saturated heterocycles. The maximum atomic E-state index is 8.64. The molecule has 0 bridgehead atoms. The lowest BCUT2D eigenvalue weighted by Crippen LogP contribution is -1.87. The van der Waals surface area contributed by atoms with Gasteiger partial charge in [-0.05, 0) is 12.1 Å². The van der Waals surface area contributed by atoms with Crippen molar-refractivity contribution in [2.75, 3.05) is 12.4 Å². The van der Waals surface area contributed by atoms with Crippen molar-refractivity contribution in [1.82, 2.24) is 10.2 Å². The molecule has 0 atom stereocenters. The average molecular weight is 236 g/mol. The Morgan fingerprint density at radius 3 is 2.75 bits per heavy atom. The summed E-state index contributed by atoms with van der Waals surface area (Å²) in [5, 5.41) is 16.6. The molecule has 0 unspecified atom stereocenters. The van der Waals surface area contributed by atoms with E-state index < -0.39 is 0 Å². The molecule has 0 fully saturated rings. The zero-order valence-corrected chi connectivity index (χ0v) is 9.48. The van der Waals surface area contributed by atoms with Gasteiger partial charge in [-0.25, -0.2) is 0 Å². The summed E-state index contributed by atoms with van der Waals surface area (Å²) in [4.78, 5) is 0. The molecular formula is C11H12N2O2S. The largest absolute Gasteiger partial charge is 0.420 e. The van der Waals surface area contributed by atoms with Gasteiger partial charge in [0.05, 0.1) is 12.4 Å². The Kier molecular flexibility index (Phi) is 3.96. The van der Waals surface area contributed by atoms with Gasteiger partial charge in [-0.15, -0.1) is 22.0 Å². The first kappa shape index (κ1) is 11.2. The minimum atomic E-state index is 0.171. The maximum absolute atomic E-state index is 8.64. The molecule has 1 aromatic carbocycles. The van der Waals surface area contributed by atoms with Crippen molar-refractivity contribution in [3.63, 3.8) is 0 Å². The van der Waals surface area contributed by atoms with E-state index >= 15 is 0 Å². The molecule has 0 aliphatic rings. The van der Waals surface area contributed by atoms with E-state index in [4.69, 9.17) is 9.52 Å². The van der Waals surface area contributed by atoms with E-state index in [-0.39, 0.29) is 6.61 Å². The monoisotopic (exact) mass is 236 g/mol. The molecule has 2 aromatic rings. The van der Waals surface area contributed by atoms with Gasteiger partial charge in [0, 0.05) is 11.3 Å². The molecule has 0 saturated carbocycles. The summed E-state index contributed by atoms with van der Waals surface area (Å²) >= 11 is 1.57. The fraction of sp³-hybridized carbons (Fsp3) is 0.273. The van der Waals surface area contributed by atoms with E-state index in [0.29, 0.717) is 23.3 Å². The van der Waals surface area contributed by atoms with Crippen LogP contribution in [-0.2, 0) is 5.75 Å². The first-order valence-electron chi connectivity index (χ1n) is 4.96. The second-order valence-electron chi connectivity index (χ2n) is 3.14. The summed E-state index contributed by atoms with van der Waals surface area (Å²) in [6, 6.07) is 9.66. The third kappa shape index (κ3) is 2.84. The van der Waals surface area contributed by atoms with E-state index in [1.54, 1.807) is 11.8 Å². The number of benzene rings is 1. The van der Waals surface area contributed by atoms with Gasteiger partial charge in [0.2, 0.25) is 11.8 Å². The maximum Gasteiger partial charge on any atom is 0.247 e. The van der Waals surface area contributed by atoms with Gasteiger partial charge in [0.25, 0.3) is 0 Å². The summed E-state index contributed by atoms with van der Waals surface area (Å²) < 4.78 is 5.49. The molecular weight excluding hydrogens is 224 g/mol. The van der Waals surface area contributed by atoms with Crippen LogP contribution in [0.5, 0.6) is 0 Å². The quantitative estimate of drug-likeness (QED) is 0.804. The second kappa shape index (κ2) is 5.67. The molecule has 0 radical (unpaired) electrons. The Morgan fingerprint density at radius 1 is 1.19 bits per heavy atom. The zero-order chi connectivity index (χ0) is 11.2. The van der Waals surface area contributed by atoms with E-state index in [2.05, 4.69) is 10.2 Å². The lowest BCUT2D eigenvalue weighted by molar-refractivity contribution is 0.322. The van der Waals surface area contributed by atoms with Crippen molar-refractivity contribution in [3.8, 4) is 11.5 Å². The van der Waals surface area contributed by atoms with Crippen LogP contribution >= 0.6 is 11.8 Å². The highest BCUT2D eigenvalue weighted by atomic mass is 32.2. The fourth-order valence-electron chi connectivity index (χ4n) is 1.23. The zero-order valence-electron chi connectivity index (χ0n) is 8.67. The number of aliphatic hydroxyl groups excluding tert-OH is 1. The van der Waals surface area contributed by atoms with E-state index in [9.17, 15) is 0 Å². The van der Waals surface area contributed by atoms with Crippen LogP contribution in [0.15, 0.2) is 34.7 Å². The second-order valence-corrected chi connectivity index (χ2v) is 4.25. The molecule has 0 aliphatic carbocycles. The van der Waals surface area contributed by atoms with Gasteiger partial charge in [0.15, 0.2) is 0 Å². The molecule has 0 spiro atoms. The topological polar surface area (TPSA) is 59.2 Å². The summed E-state index contributed by atoms with van der Waals surface area (Å²) in [6.45, 7) is 0.171. The highest BCUT2D eigenvalue weighted by Crippen LogP contribution is 2.19. The number of hydrogen-bond acceptors (Lipinski definition) is 5. The standard InChI is InChI=1S/C11H12N2O2S/c14-6-7-16-8-10-12-13-11(15-10)9-4-2-1-3-5-9/h1-5,14H,6-8H2. The van der Waals surface area contributed by atoms with Gasteiger partial charge >= 0.3 is 0 Å². The van der Waals surface area contributed by atoms with Crippen molar-refractivity contribution in [2.24, 2.45) is 0 Å². The van der Waals surface area contributed by atoms with E-state index in [0.717, 1.165) is 5.56 Å². The minimum Gasteiger partial charge on any atom is -0.420 e. The Labute approximate surface area is 97.7 Å². The average Bonchev–Trinajstić information content (AvgIpc) is 2.79. The normalized spacial score (nSPS) is 10.6. The van der Waals surface area contributed by atoms with Crippen LogP contribution in [0.3, 0.4) is 0 Å². The highest BCUT2D eigenvalue weighted by molar-refractivity contribution is 7.98. The minimum absolute atomic E-state index is 0.171. The number of aromatic nitrogens is 2. The Morgan fingerprint density at radius 2 is 2.00 bits per heavy atom. The van der Waals surface area contributed by atoms with Gasteiger partial charge in [-0.1, -0.05) is 18.2 Å². The van der Waals surface area contributed by atoms with E-state index in [1.165, 1.54) is 0 Å². The van der Waals surface area contributed by atoms with Crippen molar-refractivity contribution < 1.29 is 9.52 Å². The van der Waals surface area contributed by atoms with Gasteiger partial charge in [-0.2, -0.15) is 0 Å². The lowest BCUT2D eigenvalue weighted by atomic mass is 10.2. The number of hydrogen-bond donors (Lipinski definition) is 1. The molecule has 0 amide bonds. The van der Waals surface area contributed by atoms with Crippen LogP contribution in [0, 0.1) is 0 Å². The molecule has 84 valence electrons. The van der Waals surface area contributed by atoms with Crippen molar-refractivity contribution in [3.05, 3.63) is 36.2 Å². The predicted molar refractivity (Wildman–Crippen MR) is 63.0 cm³/mol. The van der Waals surface area contributed by atoms with Crippen LogP contribution in [0.4, 0.5) is 0 Å². The summed E-state index contributed by atoms with van der Waals surface area (Å²) in [6.07, 6.45) is 0. The summed E-state index contributed by atoms with van der Waals surface area (Å²) in [5.74, 6) is 2.46. The van der Waals surface area contributed by atoms with Gasteiger partial charge < -0.3 is 9.52 Å². The molecule has 0 aliphatic heterocycles. The SMILES string of the molecule is OCCSCc1nnc(-c2ccccc2)o1. The van der Waals surface area contributed by atoms with Crippen LogP contribution in [-0.4, -0.2) is 27.7 Å². The highest BCUT2D eigenvalue weighted by Gasteiger charge is 2.07. The first-order chi connectivity index (χ1) is 7.90. The van der Waals surface area contributed by atoms with Gasteiger partial charge in [-0.3, -0.25) is 0 Å². The summed E-state index contributed by atoms with van der Waals surface area (Å²) in [5.41, 5.74) is 0.924. The van der Waals surface area contributed by atoms with Crippen LogP contribution in [0.2, 0.25) is 0 Å². The molecule has 4 nitrogen and oxygen atoms in total. The van der Waals surface area contributed by atoms with Gasteiger partial charge in [0.1, 0.15) is 0 Å². The molecule has 16 heavy (non-hydrogen) atoms. The van der Waals surface area contributed by atoms with Crippen molar-refractivity contribution >= 4 is 11.8 Å². The first-order valence-corrected chi connectivity index (χ1v) is 6.12. The molecule has 2 rings (SSSR count). The van der Waals surface area contributed by atoms with Crippen LogP contribution in [0.1, 0.15) is 5.89 Å². The Hall–Kier alpha value is -1.33.